The van der Waals surface area contributed by atoms with E-state index in [1.165, 1.54) is 44.9 Å². The van der Waals surface area contributed by atoms with Gasteiger partial charge in [0.05, 0.1) is 39.9 Å². The van der Waals surface area contributed by atoms with E-state index in [9.17, 15) is 19.4 Å². The summed E-state index contributed by atoms with van der Waals surface area (Å²) in [7, 11) is 1.18. The summed E-state index contributed by atoms with van der Waals surface area (Å²) >= 11 is 0. The van der Waals surface area contributed by atoms with E-state index in [1.807, 2.05) is 39.4 Å². The number of aliphatic hydroxyl groups is 1. The number of aliphatic hydroxyl groups excluding tert-OH is 1. The average molecular weight is 693 g/mol. The van der Waals surface area contributed by atoms with Crippen molar-refractivity contribution in [2.24, 2.45) is 0 Å². The van der Waals surface area contributed by atoms with Crippen LogP contribution in [0.15, 0.2) is 72.9 Å². The maximum absolute atomic E-state index is 12.7. The second-order valence-electron chi connectivity index (χ2n) is 13.2. The molecule has 276 valence electrons. The van der Waals surface area contributed by atoms with Crippen LogP contribution < -0.4 is 10.2 Å². The van der Waals surface area contributed by atoms with Crippen LogP contribution in [0.25, 0.3) is 0 Å². The number of hydrogen-bond donors (Lipinski definition) is 2. The first kappa shape index (κ1) is 45.9. The average Bonchev–Trinajstić information content (AvgIpc) is 3.02. The summed E-state index contributed by atoms with van der Waals surface area (Å²) in [5, 5.41) is 13.6. The van der Waals surface area contributed by atoms with E-state index in [2.05, 4.69) is 67.8 Å². The van der Waals surface area contributed by atoms with Gasteiger partial charge >= 0.3 is 0 Å². The van der Waals surface area contributed by atoms with E-state index in [4.69, 9.17) is 9.05 Å². The molecule has 0 fully saturated rings. The van der Waals surface area contributed by atoms with Crippen LogP contribution in [0.3, 0.4) is 0 Å². The van der Waals surface area contributed by atoms with Gasteiger partial charge in [-0.3, -0.25) is 9.36 Å². The Morgan fingerprint density at radius 3 is 1.92 bits per heavy atom. The van der Waals surface area contributed by atoms with Gasteiger partial charge in [-0.1, -0.05) is 125 Å². The normalized spacial score (nSPS) is 15.6. The van der Waals surface area contributed by atoms with Gasteiger partial charge in [0.1, 0.15) is 13.2 Å². The molecule has 9 heteroatoms. The van der Waals surface area contributed by atoms with Crippen LogP contribution in [-0.2, 0) is 18.4 Å². The van der Waals surface area contributed by atoms with Crippen molar-refractivity contribution >= 4 is 13.7 Å². The number of nitrogens with zero attached hydrogens (tertiary/aromatic N) is 1. The quantitative estimate of drug-likeness (QED) is 0.0326. The molecule has 8 nitrogen and oxygen atoms in total. The summed E-state index contributed by atoms with van der Waals surface area (Å²) in [4.78, 5) is 25.1. The van der Waals surface area contributed by atoms with Crippen molar-refractivity contribution in [1.82, 2.24) is 5.32 Å². The smallest absolute Gasteiger partial charge is 0.268 e. The number of nitrogens with one attached hydrogen (secondary N) is 1. The second-order valence-corrected chi connectivity index (χ2v) is 14.6. The maximum atomic E-state index is 12.7. The molecule has 0 aliphatic rings. The lowest BCUT2D eigenvalue weighted by Crippen LogP contribution is -2.45. The van der Waals surface area contributed by atoms with E-state index in [-0.39, 0.29) is 18.9 Å². The highest BCUT2D eigenvalue weighted by molar-refractivity contribution is 7.45. The first-order valence-electron chi connectivity index (χ1n) is 18.3. The fraction of sp³-hybridized carbons (Fsp3) is 0.667. The number of rotatable bonds is 31. The van der Waals surface area contributed by atoms with Crippen LogP contribution in [0, 0.1) is 0 Å². The molecule has 0 rings (SSSR count). The highest BCUT2D eigenvalue weighted by Crippen LogP contribution is 2.38. The number of hydrogen-bond acceptors (Lipinski definition) is 6. The lowest BCUT2D eigenvalue weighted by atomic mass is 10.1. The molecule has 0 bridgehead atoms. The minimum atomic E-state index is -4.61. The van der Waals surface area contributed by atoms with Crippen LogP contribution in [0.1, 0.15) is 117 Å². The second kappa shape index (κ2) is 31.0. The van der Waals surface area contributed by atoms with E-state index in [0.717, 1.165) is 44.9 Å². The molecule has 0 aliphatic carbocycles. The largest absolute Gasteiger partial charge is 0.756 e. The Bertz CT molecular complexity index is 1010. The third-order valence-corrected chi connectivity index (χ3v) is 8.38. The first-order valence-corrected chi connectivity index (χ1v) is 19.8. The summed E-state index contributed by atoms with van der Waals surface area (Å²) < 4.78 is 23.0. The number of phosphoric acid groups is 1. The molecule has 48 heavy (non-hydrogen) atoms. The number of carbonyl (C=O) groups is 1. The van der Waals surface area contributed by atoms with Gasteiger partial charge in [0.25, 0.3) is 7.82 Å². The van der Waals surface area contributed by atoms with Gasteiger partial charge in [-0.2, -0.15) is 0 Å². The van der Waals surface area contributed by atoms with Gasteiger partial charge in [0.2, 0.25) is 5.91 Å². The molecule has 0 aromatic rings. The molecule has 2 N–H and O–H groups in total. The zero-order chi connectivity index (χ0) is 35.8. The number of allylic oxidation sites excluding steroid dienone is 11. The maximum Gasteiger partial charge on any atom is 0.268 e. The number of phosphoric ester groups is 1. The fourth-order valence-corrected chi connectivity index (χ4v) is 5.19. The minimum Gasteiger partial charge on any atom is -0.756 e. The number of quaternary nitrogens is 1. The van der Waals surface area contributed by atoms with E-state index in [1.54, 1.807) is 6.08 Å². The van der Waals surface area contributed by atoms with Gasteiger partial charge < -0.3 is 28.8 Å². The molecule has 0 heterocycles. The summed E-state index contributed by atoms with van der Waals surface area (Å²) in [5.41, 5.74) is 0. The number of unbranched alkanes of at least 4 members (excludes halogenated alkanes) is 8. The Morgan fingerprint density at radius 2 is 1.29 bits per heavy atom. The van der Waals surface area contributed by atoms with Crippen molar-refractivity contribution in [2.45, 2.75) is 129 Å². The van der Waals surface area contributed by atoms with Crippen LogP contribution in [0.2, 0.25) is 0 Å². The predicted octanol–water partition coefficient (Wildman–Crippen LogP) is 8.66. The van der Waals surface area contributed by atoms with Crippen LogP contribution in [0.5, 0.6) is 0 Å². The molecule has 3 unspecified atom stereocenters. The summed E-state index contributed by atoms with van der Waals surface area (Å²) in [6.45, 7) is 4.39. The van der Waals surface area contributed by atoms with E-state index in [0.29, 0.717) is 17.4 Å². The van der Waals surface area contributed by atoms with E-state index >= 15 is 0 Å². The van der Waals surface area contributed by atoms with Crippen molar-refractivity contribution in [3.63, 3.8) is 0 Å². The standard InChI is InChI=1S/C39H69N2O6P/c1-6-8-10-12-14-16-18-20-22-24-26-28-30-32-38(42)37(36-47-48(44,45)46-35-34-41(3,4)5)40-39(43)33-31-29-27-25-23-21-19-17-15-13-11-9-7-2/h9,11,15,17,21-24,27,29-30,32,37-38,42H,6-8,10,12-14,16,18-20,25-26,28,31,33-36H2,1-5H3,(H-,40,43,44,45)/b11-9-,17-15-,23-21-,24-22+,29-27-,32-30+. The minimum absolute atomic E-state index is 0.0227. The predicted molar refractivity (Wildman–Crippen MR) is 200 cm³/mol. The topological polar surface area (TPSA) is 108 Å². The molecule has 0 saturated carbocycles. The fourth-order valence-electron chi connectivity index (χ4n) is 4.47. The van der Waals surface area contributed by atoms with E-state index < -0.39 is 26.6 Å². The molecule has 0 radical (unpaired) electrons. The zero-order valence-electron chi connectivity index (χ0n) is 30.9. The molecular weight excluding hydrogens is 623 g/mol. The molecule has 0 aliphatic heterocycles. The Labute approximate surface area is 294 Å². The van der Waals surface area contributed by atoms with Crippen molar-refractivity contribution in [2.75, 3.05) is 40.9 Å². The number of carbonyl (C=O) groups excluding carboxylic acids is 1. The SMILES string of the molecule is CC/C=C\C/C=C\C/C=C\C/C=C\CCC(=O)NC(COP(=O)([O-])OCC[N+](C)(C)C)C(O)/C=C/CC/C=C/CCCCCCCCC. The van der Waals surface area contributed by atoms with Crippen molar-refractivity contribution < 1.29 is 32.9 Å². The van der Waals surface area contributed by atoms with Gasteiger partial charge in [0.15, 0.2) is 0 Å². The van der Waals surface area contributed by atoms with Crippen LogP contribution in [-0.4, -0.2) is 68.5 Å². The molecule has 0 saturated heterocycles. The monoisotopic (exact) mass is 692 g/mol. The molecule has 0 aromatic carbocycles. The zero-order valence-corrected chi connectivity index (χ0v) is 31.8. The molecular formula is C39H69N2O6P. The Morgan fingerprint density at radius 1 is 0.750 bits per heavy atom. The number of amides is 1. The van der Waals surface area contributed by atoms with Gasteiger partial charge in [-0.25, -0.2) is 0 Å². The summed E-state index contributed by atoms with van der Waals surface area (Å²) in [5.74, 6) is -0.293. The molecule has 3 atom stereocenters. The van der Waals surface area contributed by atoms with Gasteiger partial charge in [-0.05, 0) is 57.8 Å². The third kappa shape index (κ3) is 32.5. The first-order chi connectivity index (χ1) is 23.0. The Balaban J connectivity index is 4.77. The van der Waals surface area contributed by atoms with Crippen molar-refractivity contribution in [3.05, 3.63) is 72.9 Å². The van der Waals surface area contributed by atoms with Gasteiger partial charge in [-0.15, -0.1) is 0 Å². The molecule has 0 aromatic heterocycles. The third-order valence-electron chi connectivity index (χ3n) is 7.41. The Kier molecular flexibility index (Phi) is 29.6. The molecule has 0 spiro atoms. The lowest BCUT2D eigenvalue weighted by molar-refractivity contribution is -0.870. The lowest BCUT2D eigenvalue weighted by Gasteiger charge is -2.29. The van der Waals surface area contributed by atoms with Crippen molar-refractivity contribution in [3.8, 4) is 0 Å². The van der Waals surface area contributed by atoms with Crippen LogP contribution >= 0.6 is 7.82 Å². The molecule has 1 amide bonds. The summed E-state index contributed by atoms with van der Waals surface area (Å²) in [6.07, 6.45) is 39.7. The van der Waals surface area contributed by atoms with Crippen molar-refractivity contribution in [1.29, 1.82) is 0 Å². The van der Waals surface area contributed by atoms with Gasteiger partial charge in [0, 0.05) is 6.42 Å². The highest BCUT2D eigenvalue weighted by atomic mass is 31.2. The summed E-state index contributed by atoms with van der Waals surface area (Å²) in [6, 6.07) is -0.941. The Hall–Kier alpha value is -2.06. The highest BCUT2D eigenvalue weighted by Gasteiger charge is 2.23. The number of likely N-dealkylation sites (N-methyl/N-ethyl adjacent to an activating group) is 1. The van der Waals surface area contributed by atoms with Crippen LogP contribution in [0.4, 0.5) is 0 Å².